The van der Waals surface area contributed by atoms with Gasteiger partial charge in [-0.15, -0.1) is 0 Å². The molecule has 0 unspecified atom stereocenters. The van der Waals surface area contributed by atoms with E-state index < -0.39 is 18.5 Å². The van der Waals surface area contributed by atoms with Crippen molar-refractivity contribution in [1.82, 2.24) is 4.90 Å². The van der Waals surface area contributed by atoms with Crippen LogP contribution in [0, 0.1) is 0 Å². The quantitative estimate of drug-likeness (QED) is 0.841. The number of carbonyl (C=O) groups is 2. The van der Waals surface area contributed by atoms with Gasteiger partial charge in [0.15, 0.2) is 0 Å². The Morgan fingerprint density at radius 3 is 2.23 bits per heavy atom. The monoisotopic (exact) mass is 316 g/mol. The Bertz CT molecular complexity index is 511. The number of hydrogen-bond donors (Lipinski definition) is 1. The van der Waals surface area contributed by atoms with Gasteiger partial charge in [0.2, 0.25) is 5.91 Å². The SMILES string of the molecule is CN(C)C(=O)CCCc1ccc(NCC(=O)C(F)(F)F)cc1. The highest BCUT2D eigenvalue weighted by atomic mass is 19.4. The number of anilines is 1. The molecule has 0 aliphatic carbocycles. The van der Waals surface area contributed by atoms with Gasteiger partial charge < -0.3 is 10.2 Å². The lowest BCUT2D eigenvalue weighted by Gasteiger charge is -2.10. The number of benzene rings is 1. The average Bonchev–Trinajstić information content (AvgIpc) is 2.44. The molecule has 0 atom stereocenters. The molecule has 1 aromatic carbocycles. The van der Waals surface area contributed by atoms with Gasteiger partial charge in [0, 0.05) is 26.2 Å². The molecule has 0 aromatic heterocycles. The molecule has 0 radical (unpaired) electrons. The molecule has 122 valence electrons. The Morgan fingerprint density at radius 1 is 1.14 bits per heavy atom. The van der Waals surface area contributed by atoms with Crippen molar-refractivity contribution in [1.29, 1.82) is 0 Å². The van der Waals surface area contributed by atoms with Gasteiger partial charge >= 0.3 is 6.18 Å². The maximum Gasteiger partial charge on any atom is 0.451 e. The molecular formula is C15H19F3N2O2. The Labute approximate surface area is 127 Å². The normalized spacial score (nSPS) is 11.1. The molecule has 0 aliphatic heterocycles. The molecule has 0 spiro atoms. The molecule has 1 aromatic rings. The number of hydrogen-bond acceptors (Lipinski definition) is 3. The zero-order valence-electron chi connectivity index (χ0n) is 12.5. The van der Waals surface area contributed by atoms with Crippen molar-refractivity contribution in [3.63, 3.8) is 0 Å². The van der Waals surface area contributed by atoms with E-state index in [9.17, 15) is 22.8 Å². The number of carbonyl (C=O) groups excluding carboxylic acids is 2. The maximum atomic E-state index is 12.1. The Hall–Kier alpha value is -2.05. The third kappa shape index (κ3) is 6.15. The fraction of sp³-hybridized carbons (Fsp3) is 0.467. The first-order chi connectivity index (χ1) is 10.2. The van der Waals surface area contributed by atoms with Crippen LogP contribution in [-0.2, 0) is 16.0 Å². The third-order valence-electron chi connectivity index (χ3n) is 3.08. The molecule has 1 rings (SSSR count). The minimum Gasteiger partial charge on any atom is -0.378 e. The predicted octanol–water partition coefficient (Wildman–Crippen LogP) is 2.64. The van der Waals surface area contributed by atoms with Crippen LogP contribution in [0.2, 0.25) is 0 Å². The Morgan fingerprint density at radius 2 is 1.73 bits per heavy atom. The summed E-state index contributed by atoms with van der Waals surface area (Å²) in [5, 5.41) is 2.44. The van der Waals surface area contributed by atoms with Crippen molar-refractivity contribution in [3.05, 3.63) is 29.8 Å². The number of amides is 1. The summed E-state index contributed by atoms with van der Waals surface area (Å²) < 4.78 is 36.2. The first-order valence-electron chi connectivity index (χ1n) is 6.83. The molecule has 1 amide bonds. The first kappa shape index (κ1) is 18.0. The zero-order valence-corrected chi connectivity index (χ0v) is 12.5. The van der Waals surface area contributed by atoms with Gasteiger partial charge in [-0.05, 0) is 30.5 Å². The van der Waals surface area contributed by atoms with Crippen molar-refractivity contribution >= 4 is 17.4 Å². The highest BCUT2D eigenvalue weighted by Gasteiger charge is 2.37. The fourth-order valence-electron chi connectivity index (χ4n) is 1.74. The van der Waals surface area contributed by atoms with Crippen LogP contribution in [0.1, 0.15) is 18.4 Å². The van der Waals surface area contributed by atoms with Crippen LogP contribution in [0.5, 0.6) is 0 Å². The summed E-state index contributed by atoms with van der Waals surface area (Å²) in [6.07, 6.45) is -2.95. The van der Waals surface area contributed by atoms with E-state index in [0.717, 1.165) is 5.56 Å². The number of aryl methyl sites for hydroxylation is 1. The number of Topliss-reactive ketones (excluding diaryl/α,β-unsaturated/α-hetero) is 1. The summed E-state index contributed by atoms with van der Waals surface area (Å²) in [6, 6.07) is 6.76. The number of alkyl halides is 3. The number of nitrogens with zero attached hydrogens (tertiary/aromatic N) is 1. The molecule has 0 aliphatic rings. The molecule has 4 nitrogen and oxygen atoms in total. The van der Waals surface area contributed by atoms with Crippen LogP contribution >= 0.6 is 0 Å². The van der Waals surface area contributed by atoms with Gasteiger partial charge in [0.05, 0.1) is 6.54 Å². The van der Waals surface area contributed by atoms with E-state index in [1.807, 2.05) is 0 Å². The number of ketones is 1. The van der Waals surface area contributed by atoms with E-state index in [1.165, 1.54) is 4.90 Å². The van der Waals surface area contributed by atoms with Crippen molar-refractivity contribution in [2.45, 2.75) is 25.4 Å². The largest absolute Gasteiger partial charge is 0.451 e. The molecule has 0 fully saturated rings. The first-order valence-corrected chi connectivity index (χ1v) is 6.83. The molecule has 22 heavy (non-hydrogen) atoms. The smallest absolute Gasteiger partial charge is 0.378 e. The van der Waals surface area contributed by atoms with Gasteiger partial charge in [0.25, 0.3) is 5.78 Å². The van der Waals surface area contributed by atoms with Gasteiger partial charge in [-0.3, -0.25) is 9.59 Å². The number of halogens is 3. The number of nitrogens with one attached hydrogen (secondary N) is 1. The summed E-state index contributed by atoms with van der Waals surface area (Å²) >= 11 is 0. The van der Waals surface area contributed by atoms with E-state index in [1.54, 1.807) is 38.4 Å². The predicted molar refractivity (Wildman–Crippen MR) is 77.6 cm³/mol. The van der Waals surface area contributed by atoms with Crippen LogP contribution in [0.4, 0.5) is 18.9 Å². The summed E-state index contributed by atoms with van der Waals surface area (Å²) in [5.74, 6) is -1.75. The highest BCUT2D eigenvalue weighted by molar-refractivity contribution is 5.87. The van der Waals surface area contributed by atoms with Crippen molar-refractivity contribution in [3.8, 4) is 0 Å². The highest BCUT2D eigenvalue weighted by Crippen LogP contribution is 2.17. The van der Waals surface area contributed by atoms with Crippen LogP contribution in [0.15, 0.2) is 24.3 Å². The molecule has 0 heterocycles. The van der Waals surface area contributed by atoms with Crippen LogP contribution < -0.4 is 5.32 Å². The van der Waals surface area contributed by atoms with Gasteiger partial charge in [0.1, 0.15) is 0 Å². The standard InChI is InChI=1S/C15H19F3N2O2/c1-20(2)14(22)5-3-4-11-6-8-12(9-7-11)19-10-13(21)15(16,17)18/h6-9,19H,3-5,10H2,1-2H3. The van der Waals surface area contributed by atoms with E-state index >= 15 is 0 Å². The lowest BCUT2D eigenvalue weighted by atomic mass is 10.1. The van der Waals surface area contributed by atoms with Gasteiger partial charge in [-0.2, -0.15) is 13.2 Å². The lowest BCUT2D eigenvalue weighted by Crippen LogP contribution is -2.29. The topological polar surface area (TPSA) is 49.4 Å². The van der Waals surface area contributed by atoms with Gasteiger partial charge in [-0.1, -0.05) is 12.1 Å². The Kier molecular flexibility index (Phi) is 6.39. The van der Waals surface area contributed by atoms with E-state index in [-0.39, 0.29) is 5.91 Å². The van der Waals surface area contributed by atoms with Crippen LogP contribution in [-0.4, -0.2) is 43.4 Å². The summed E-state index contributed by atoms with van der Waals surface area (Å²) in [4.78, 5) is 23.7. The summed E-state index contributed by atoms with van der Waals surface area (Å²) in [6.45, 7) is -0.778. The lowest BCUT2D eigenvalue weighted by molar-refractivity contribution is -0.168. The van der Waals surface area contributed by atoms with Crippen LogP contribution in [0.25, 0.3) is 0 Å². The third-order valence-corrected chi connectivity index (χ3v) is 3.08. The molecular weight excluding hydrogens is 297 g/mol. The van der Waals surface area contributed by atoms with Crippen LogP contribution in [0.3, 0.4) is 0 Å². The summed E-state index contributed by atoms with van der Waals surface area (Å²) in [7, 11) is 3.40. The van der Waals surface area contributed by atoms with E-state index in [2.05, 4.69) is 5.32 Å². The molecule has 0 saturated heterocycles. The second-order valence-corrected chi connectivity index (χ2v) is 5.11. The minimum absolute atomic E-state index is 0.0592. The number of rotatable bonds is 7. The van der Waals surface area contributed by atoms with E-state index in [0.29, 0.717) is 24.9 Å². The minimum atomic E-state index is -4.81. The van der Waals surface area contributed by atoms with Crippen molar-refractivity contribution in [2.24, 2.45) is 0 Å². The maximum absolute atomic E-state index is 12.1. The second-order valence-electron chi connectivity index (χ2n) is 5.11. The molecule has 1 N–H and O–H groups in total. The average molecular weight is 316 g/mol. The Balaban J connectivity index is 2.40. The molecule has 7 heteroatoms. The van der Waals surface area contributed by atoms with Gasteiger partial charge in [-0.25, -0.2) is 0 Å². The molecule has 0 bridgehead atoms. The zero-order chi connectivity index (χ0) is 16.8. The molecule has 0 saturated carbocycles. The van der Waals surface area contributed by atoms with Crippen molar-refractivity contribution < 1.29 is 22.8 Å². The van der Waals surface area contributed by atoms with E-state index in [4.69, 9.17) is 0 Å². The summed E-state index contributed by atoms with van der Waals surface area (Å²) in [5.41, 5.74) is 1.44. The fourth-order valence-corrected chi connectivity index (χ4v) is 1.74. The van der Waals surface area contributed by atoms with Crippen molar-refractivity contribution in [2.75, 3.05) is 26.0 Å². The second kappa shape index (κ2) is 7.82.